The van der Waals surface area contributed by atoms with Gasteiger partial charge in [0.15, 0.2) is 11.1 Å². The standard InChI is InChI=1S/C20H34ClN7S.HI/c1-7-22-19(27(5)14-17-11-16(21)13-26(17)4)23-10-8-9-18-24-25-20(29-6)28(18)12-15(2)3;/h11,13,15H,7-10,12,14H2,1-6H3,(H,22,23);1H. The number of rotatable bonds is 10. The molecule has 0 fully saturated rings. The zero-order valence-electron chi connectivity index (χ0n) is 18.9. The number of aryl methyl sites for hydroxylation is 2. The van der Waals surface area contributed by atoms with Crippen molar-refractivity contribution in [1.82, 2.24) is 29.5 Å². The SMILES string of the molecule is CCNC(=NCCCc1nnc(SC)n1CC(C)C)N(C)Cc1cc(Cl)cn1C.I. The fraction of sp³-hybridized carbons (Fsp3) is 0.650. The van der Waals surface area contributed by atoms with Gasteiger partial charge in [0.25, 0.3) is 0 Å². The monoisotopic (exact) mass is 567 g/mol. The molecule has 2 heterocycles. The largest absolute Gasteiger partial charge is 0.357 e. The molecule has 0 radical (unpaired) electrons. The molecule has 0 aliphatic heterocycles. The second-order valence-corrected chi connectivity index (χ2v) is 8.77. The van der Waals surface area contributed by atoms with Gasteiger partial charge in [-0.2, -0.15) is 0 Å². The van der Waals surface area contributed by atoms with Crippen LogP contribution in [0.25, 0.3) is 0 Å². The van der Waals surface area contributed by atoms with E-state index >= 15 is 0 Å². The van der Waals surface area contributed by atoms with E-state index in [4.69, 9.17) is 16.6 Å². The van der Waals surface area contributed by atoms with E-state index in [1.807, 2.05) is 37.2 Å². The van der Waals surface area contributed by atoms with Crippen LogP contribution in [0.1, 0.15) is 38.7 Å². The highest BCUT2D eigenvalue weighted by Gasteiger charge is 2.13. The average Bonchev–Trinajstić information content (AvgIpc) is 3.19. The molecular formula is C20H35ClIN7S. The highest BCUT2D eigenvalue weighted by atomic mass is 127. The Hall–Kier alpha value is -0.940. The maximum absolute atomic E-state index is 6.11. The minimum absolute atomic E-state index is 0. The third-order valence-electron chi connectivity index (χ3n) is 4.51. The summed E-state index contributed by atoms with van der Waals surface area (Å²) in [6, 6.07) is 1.99. The lowest BCUT2D eigenvalue weighted by atomic mass is 10.2. The predicted octanol–water partition coefficient (Wildman–Crippen LogP) is 4.30. The second kappa shape index (κ2) is 13.5. The summed E-state index contributed by atoms with van der Waals surface area (Å²) in [7, 11) is 4.06. The number of thioether (sulfide) groups is 1. The van der Waals surface area contributed by atoms with Crippen molar-refractivity contribution in [2.75, 3.05) is 26.4 Å². The molecule has 0 aromatic carbocycles. The first-order valence-corrected chi connectivity index (χ1v) is 11.7. The lowest BCUT2D eigenvalue weighted by molar-refractivity contribution is 0.460. The van der Waals surface area contributed by atoms with Crippen molar-refractivity contribution in [3.8, 4) is 0 Å². The number of aliphatic imine (C=N–C) groups is 1. The van der Waals surface area contributed by atoms with Gasteiger partial charge in [-0.1, -0.05) is 37.2 Å². The summed E-state index contributed by atoms with van der Waals surface area (Å²) in [5, 5.41) is 13.8. The van der Waals surface area contributed by atoms with Crippen LogP contribution in [0, 0.1) is 5.92 Å². The molecule has 0 saturated heterocycles. The first-order chi connectivity index (χ1) is 13.8. The summed E-state index contributed by atoms with van der Waals surface area (Å²) in [5.41, 5.74) is 1.15. The Kier molecular flexibility index (Phi) is 12.2. The first-order valence-electron chi connectivity index (χ1n) is 10.1. The van der Waals surface area contributed by atoms with Gasteiger partial charge in [0.05, 0.1) is 11.6 Å². The second-order valence-electron chi connectivity index (χ2n) is 7.56. The van der Waals surface area contributed by atoms with Crippen LogP contribution in [-0.2, 0) is 26.6 Å². The summed E-state index contributed by atoms with van der Waals surface area (Å²) >= 11 is 7.76. The van der Waals surface area contributed by atoms with E-state index < -0.39 is 0 Å². The molecule has 0 unspecified atom stereocenters. The smallest absolute Gasteiger partial charge is 0.194 e. The van der Waals surface area contributed by atoms with Crippen LogP contribution in [0.2, 0.25) is 5.02 Å². The van der Waals surface area contributed by atoms with Crippen LogP contribution in [0.15, 0.2) is 22.4 Å². The minimum atomic E-state index is 0. The van der Waals surface area contributed by atoms with E-state index in [0.29, 0.717) is 5.92 Å². The van der Waals surface area contributed by atoms with Gasteiger partial charge < -0.3 is 19.4 Å². The third kappa shape index (κ3) is 7.96. The van der Waals surface area contributed by atoms with Crippen molar-refractivity contribution in [3.05, 3.63) is 28.8 Å². The molecule has 30 heavy (non-hydrogen) atoms. The summed E-state index contributed by atoms with van der Waals surface area (Å²) < 4.78 is 4.29. The van der Waals surface area contributed by atoms with E-state index in [1.54, 1.807) is 11.8 Å². The van der Waals surface area contributed by atoms with Gasteiger partial charge in [0.2, 0.25) is 0 Å². The van der Waals surface area contributed by atoms with Crippen molar-refractivity contribution >= 4 is 53.3 Å². The average molecular weight is 568 g/mol. The van der Waals surface area contributed by atoms with Crippen LogP contribution in [0.3, 0.4) is 0 Å². The first kappa shape index (κ1) is 27.1. The van der Waals surface area contributed by atoms with Crippen LogP contribution in [-0.4, -0.2) is 56.6 Å². The predicted molar refractivity (Wildman–Crippen MR) is 138 cm³/mol. The van der Waals surface area contributed by atoms with Crippen LogP contribution >= 0.6 is 47.3 Å². The molecule has 10 heteroatoms. The van der Waals surface area contributed by atoms with Gasteiger partial charge in [-0.25, -0.2) is 0 Å². The van der Waals surface area contributed by atoms with Crippen LogP contribution in [0.4, 0.5) is 0 Å². The molecule has 0 atom stereocenters. The summed E-state index contributed by atoms with van der Waals surface area (Å²) in [6.07, 6.45) is 5.78. The molecule has 1 N–H and O–H groups in total. The maximum atomic E-state index is 6.11. The molecular weight excluding hydrogens is 533 g/mol. The van der Waals surface area contributed by atoms with E-state index in [0.717, 1.165) is 66.7 Å². The van der Waals surface area contributed by atoms with Crippen molar-refractivity contribution in [1.29, 1.82) is 0 Å². The van der Waals surface area contributed by atoms with E-state index in [1.165, 1.54) is 0 Å². The van der Waals surface area contributed by atoms with Gasteiger partial charge in [-0.05, 0) is 31.6 Å². The molecule has 0 spiro atoms. The third-order valence-corrected chi connectivity index (χ3v) is 5.39. The molecule has 0 aliphatic rings. The number of hydrogen-bond donors (Lipinski definition) is 1. The molecule has 0 amide bonds. The number of nitrogens with one attached hydrogen (secondary N) is 1. The quantitative estimate of drug-likeness (QED) is 0.153. The van der Waals surface area contributed by atoms with Crippen molar-refractivity contribution in [2.24, 2.45) is 18.0 Å². The highest BCUT2D eigenvalue weighted by Crippen LogP contribution is 2.17. The Morgan fingerprint density at radius 1 is 1.37 bits per heavy atom. The van der Waals surface area contributed by atoms with Gasteiger partial charge in [0.1, 0.15) is 5.82 Å². The van der Waals surface area contributed by atoms with Crippen LogP contribution < -0.4 is 5.32 Å². The molecule has 2 aromatic rings. The number of nitrogens with zero attached hydrogens (tertiary/aromatic N) is 6. The number of hydrogen-bond acceptors (Lipinski definition) is 4. The van der Waals surface area contributed by atoms with Crippen molar-refractivity contribution in [2.45, 2.75) is 51.9 Å². The lowest BCUT2D eigenvalue weighted by Crippen LogP contribution is -2.38. The normalized spacial score (nSPS) is 11.7. The summed E-state index contributed by atoms with van der Waals surface area (Å²) in [5.74, 6) is 2.52. The topological polar surface area (TPSA) is 63.3 Å². The molecule has 0 saturated carbocycles. The Bertz CT molecular complexity index is 803. The number of halogens is 2. The van der Waals surface area contributed by atoms with Gasteiger partial charge >= 0.3 is 0 Å². The highest BCUT2D eigenvalue weighted by molar-refractivity contribution is 14.0. The number of aromatic nitrogens is 4. The van der Waals surface area contributed by atoms with Gasteiger partial charge in [0, 0.05) is 52.0 Å². The Morgan fingerprint density at radius 3 is 2.67 bits per heavy atom. The van der Waals surface area contributed by atoms with E-state index in [-0.39, 0.29) is 24.0 Å². The van der Waals surface area contributed by atoms with Crippen LogP contribution in [0.5, 0.6) is 0 Å². The van der Waals surface area contributed by atoms with Gasteiger partial charge in [-0.15, -0.1) is 34.2 Å². The summed E-state index contributed by atoms with van der Waals surface area (Å²) in [6.45, 7) is 9.79. The summed E-state index contributed by atoms with van der Waals surface area (Å²) in [4.78, 5) is 6.93. The van der Waals surface area contributed by atoms with E-state index in [2.05, 4.69) is 45.8 Å². The lowest BCUT2D eigenvalue weighted by Gasteiger charge is -2.22. The zero-order valence-corrected chi connectivity index (χ0v) is 22.8. The number of guanidine groups is 1. The van der Waals surface area contributed by atoms with Crippen molar-refractivity contribution in [3.63, 3.8) is 0 Å². The van der Waals surface area contributed by atoms with Crippen molar-refractivity contribution < 1.29 is 0 Å². The molecule has 0 bridgehead atoms. The fourth-order valence-electron chi connectivity index (χ4n) is 3.14. The van der Waals surface area contributed by atoms with E-state index in [9.17, 15) is 0 Å². The Labute approximate surface area is 207 Å². The van der Waals surface area contributed by atoms with Gasteiger partial charge in [-0.3, -0.25) is 4.99 Å². The minimum Gasteiger partial charge on any atom is -0.357 e. The fourth-order valence-corrected chi connectivity index (χ4v) is 3.93. The Morgan fingerprint density at radius 2 is 2.10 bits per heavy atom. The maximum Gasteiger partial charge on any atom is 0.194 e. The molecule has 170 valence electrons. The molecule has 2 rings (SSSR count). The Balaban J connectivity index is 0.00000450. The zero-order chi connectivity index (χ0) is 21.4. The molecule has 2 aromatic heterocycles. The molecule has 7 nitrogen and oxygen atoms in total. The molecule has 0 aliphatic carbocycles.